The van der Waals surface area contributed by atoms with E-state index in [1.807, 2.05) is 48.5 Å². The second kappa shape index (κ2) is 7.78. The SMILES string of the molecule is CC(C)c1ccc(NC(=O)C2CC2C(=O)Nc2ccccc2C(C)(C)C)cc1. The van der Waals surface area contributed by atoms with Crippen molar-refractivity contribution in [2.75, 3.05) is 10.6 Å². The first kappa shape index (κ1) is 20.1. The summed E-state index contributed by atoms with van der Waals surface area (Å²) >= 11 is 0. The molecule has 2 atom stereocenters. The Hall–Kier alpha value is -2.62. The maximum absolute atomic E-state index is 12.6. The summed E-state index contributed by atoms with van der Waals surface area (Å²) in [6.07, 6.45) is 0.597. The number of hydrogen-bond donors (Lipinski definition) is 2. The first-order valence-electron chi connectivity index (χ1n) is 9.98. The van der Waals surface area contributed by atoms with Gasteiger partial charge in [-0.1, -0.05) is 65.0 Å². The quantitative estimate of drug-likeness (QED) is 0.740. The molecule has 4 nitrogen and oxygen atoms in total. The summed E-state index contributed by atoms with van der Waals surface area (Å²) in [5.74, 6) is -0.222. The first-order valence-corrected chi connectivity index (χ1v) is 9.98. The van der Waals surface area contributed by atoms with Gasteiger partial charge in [0.2, 0.25) is 11.8 Å². The fourth-order valence-corrected chi connectivity index (χ4v) is 3.43. The molecule has 4 heteroatoms. The standard InChI is InChI=1S/C24H30N2O2/c1-15(2)16-10-12-17(13-11-16)25-22(27)18-14-19(18)23(28)26-21-9-7-6-8-20(21)24(3,4)5/h6-13,15,18-19H,14H2,1-5H3,(H,25,27)(H,26,28). The molecule has 2 aromatic carbocycles. The normalized spacial score (nSPS) is 18.6. The van der Waals surface area contributed by atoms with Crippen LogP contribution in [-0.4, -0.2) is 11.8 Å². The average Bonchev–Trinajstić information content (AvgIpc) is 3.43. The van der Waals surface area contributed by atoms with Gasteiger partial charge < -0.3 is 10.6 Å². The minimum Gasteiger partial charge on any atom is -0.326 e. The molecule has 0 saturated heterocycles. The largest absolute Gasteiger partial charge is 0.326 e. The molecule has 2 amide bonds. The highest BCUT2D eigenvalue weighted by Gasteiger charge is 2.48. The summed E-state index contributed by atoms with van der Waals surface area (Å²) in [6.45, 7) is 10.6. The summed E-state index contributed by atoms with van der Waals surface area (Å²) in [4.78, 5) is 25.1. The van der Waals surface area contributed by atoms with E-state index in [-0.39, 0.29) is 29.1 Å². The summed E-state index contributed by atoms with van der Waals surface area (Å²) in [5.41, 5.74) is 3.87. The Kier molecular flexibility index (Phi) is 5.59. The van der Waals surface area contributed by atoms with Crippen LogP contribution in [0.15, 0.2) is 48.5 Å². The number of amides is 2. The Morgan fingerprint density at radius 1 is 0.893 bits per heavy atom. The third-order valence-corrected chi connectivity index (χ3v) is 5.30. The van der Waals surface area contributed by atoms with E-state index in [2.05, 4.69) is 45.3 Å². The third-order valence-electron chi connectivity index (χ3n) is 5.30. The smallest absolute Gasteiger partial charge is 0.228 e. The highest BCUT2D eigenvalue weighted by atomic mass is 16.2. The maximum Gasteiger partial charge on any atom is 0.228 e. The Morgan fingerprint density at radius 3 is 2.04 bits per heavy atom. The van der Waals surface area contributed by atoms with Gasteiger partial charge in [-0.25, -0.2) is 0 Å². The maximum atomic E-state index is 12.6. The molecule has 0 heterocycles. The van der Waals surface area contributed by atoms with Crippen LogP contribution in [0.5, 0.6) is 0 Å². The molecule has 148 valence electrons. The van der Waals surface area contributed by atoms with Crippen molar-refractivity contribution in [3.63, 3.8) is 0 Å². The Bertz CT molecular complexity index is 863. The molecule has 0 aliphatic heterocycles. The van der Waals surface area contributed by atoms with Crippen LogP contribution >= 0.6 is 0 Å². The van der Waals surface area contributed by atoms with E-state index in [1.165, 1.54) is 5.56 Å². The van der Waals surface area contributed by atoms with Gasteiger partial charge in [0.1, 0.15) is 0 Å². The summed E-state index contributed by atoms with van der Waals surface area (Å²) in [5, 5.41) is 5.96. The van der Waals surface area contributed by atoms with Crippen LogP contribution < -0.4 is 10.6 Å². The van der Waals surface area contributed by atoms with E-state index in [0.717, 1.165) is 16.9 Å². The van der Waals surface area contributed by atoms with Gasteiger partial charge in [0.15, 0.2) is 0 Å². The number of anilines is 2. The van der Waals surface area contributed by atoms with Crippen molar-refractivity contribution in [1.82, 2.24) is 0 Å². The predicted molar refractivity (Wildman–Crippen MR) is 115 cm³/mol. The van der Waals surface area contributed by atoms with Gasteiger partial charge in [-0.3, -0.25) is 9.59 Å². The van der Waals surface area contributed by atoms with Crippen LogP contribution in [0.3, 0.4) is 0 Å². The van der Waals surface area contributed by atoms with Gasteiger partial charge in [0.05, 0.1) is 11.8 Å². The zero-order valence-corrected chi connectivity index (χ0v) is 17.4. The molecule has 1 aliphatic rings. The van der Waals surface area contributed by atoms with Crippen molar-refractivity contribution in [1.29, 1.82) is 0 Å². The van der Waals surface area contributed by atoms with E-state index >= 15 is 0 Å². The second-order valence-electron chi connectivity index (χ2n) is 9.00. The van der Waals surface area contributed by atoms with Gasteiger partial charge in [0, 0.05) is 11.4 Å². The number of nitrogens with one attached hydrogen (secondary N) is 2. The van der Waals surface area contributed by atoms with E-state index < -0.39 is 0 Å². The molecule has 2 N–H and O–H groups in total. The number of benzene rings is 2. The minimum atomic E-state index is -0.261. The van der Waals surface area contributed by atoms with Gasteiger partial charge in [0.25, 0.3) is 0 Å². The molecule has 1 saturated carbocycles. The monoisotopic (exact) mass is 378 g/mol. The van der Waals surface area contributed by atoms with Crippen LogP contribution in [0.4, 0.5) is 11.4 Å². The van der Waals surface area contributed by atoms with Crippen LogP contribution in [0.25, 0.3) is 0 Å². The highest BCUT2D eigenvalue weighted by Crippen LogP contribution is 2.41. The molecule has 0 radical (unpaired) electrons. The predicted octanol–water partition coefficient (Wildman–Crippen LogP) is 5.32. The second-order valence-corrected chi connectivity index (χ2v) is 9.00. The third kappa shape index (κ3) is 4.61. The Balaban J connectivity index is 1.59. The number of carbonyl (C=O) groups excluding carboxylic acids is 2. The van der Waals surface area contributed by atoms with Crippen molar-refractivity contribution in [2.45, 2.75) is 52.4 Å². The fraction of sp³-hybridized carbons (Fsp3) is 0.417. The van der Waals surface area contributed by atoms with E-state index in [0.29, 0.717) is 12.3 Å². The lowest BCUT2D eigenvalue weighted by atomic mass is 9.86. The van der Waals surface area contributed by atoms with Gasteiger partial charge in [-0.2, -0.15) is 0 Å². The van der Waals surface area contributed by atoms with Crippen molar-refractivity contribution in [3.05, 3.63) is 59.7 Å². The highest BCUT2D eigenvalue weighted by molar-refractivity contribution is 6.03. The zero-order chi connectivity index (χ0) is 20.5. The fourth-order valence-electron chi connectivity index (χ4n) is 3.43. The van der Waals surface area contributed by atoms with Crippen LogP contribution in [-0.2, 0) is 15.0 Å². The topological polar surface area (TPSA) is 58.2 Å². The average molecular weight is 379 g/mol. The molecular formula is C24H30N2O2. The van der Waals surface area contributed by atoms with Crippen LogP contribution in [0, 0.1) is 11.8 Å². The van der Waals surface area contributed by atoms with Gasteiger partial charge in [-0.15, -0.1) is 0 Å². The molecule has 1 aliphatic carbocycles. The molecule has 0 aromatic heterocycles. The number of rotatable bonds is 5. The Morgan fingerprint density at radius 2 is 1.46 bits per heavy atom. The van der Waals surface area contributed by atoms with Crippen molar-refractivity contribution in [3.8, 4) is 0 Å². The number of para-hydroxylation sites is 1. The van der Waals surface area contributed by atoms with Crippen LogP contribution in [0.1, 0.15) is 58.1 Å². The summed E-state index contributed by atoms with van der Waals surface area (Å²) < 4.78 is 0. The van der Waals surface area contributed by atoms with Gasteiger partial charge >= 0.3 is 0 Å². The lowest BCUT2D eigenvalue weighted by Gasteiger charge is -2.23. The summed E-state index contributed by atoms with van der Waals surface area (Å²) in [6, 6.07) is 15.8. The molecular weight excluding hydrogens is 348 g/mol. The molecule has 1 fully saturated rings. The van der Waals surface area contributed by atoms with Crippen molar-refractivity contribution in [2.24, 2.45) is 11.8 Å². The van der Waals surface area contributed by atoms with Crippen molar-refractivity contribution < 1.29 is 9.59 Å². The Labute approximate surface area is 167 Å². The van der Waals surface area contributed by atoms with E-state index in [9.17, 15) is 9.59 Å². The molecule has 3 rings (SSSR count). The molecule has 2 aromatic rings. The molecule has 28 heavy (non-hydrogen) atoms. The minimum absolute atomic E-state index is 0.0631. The lowest BCUT2D eigenvalue weighted by Crippen LogP contribution is -2.22. The lowest BCUT2D eigenvalue weighted by molar-refractivity contribution is -0.122. The number of hydrogen-bond acceptors (Lipinski definition) is 2. The van der Waals surface area contributed by atoms with Crippen LogP contribution in [0.2, 0.25) is 0 Å². The van der Waals surface area contributed by atoms with Crippen molar-refractivity contribution >= 4 is 23.2 Å². The number of carbonyl (C=O) groups is 2. The van der Waals surface area contributed by atoms with E-state index in [4.69, 9.17) is 0 Å². The zero-order valence-electron chi connectivity index (χ0n) is 17.4. The molecule has 2 unspecified atom stereocenters. The summed E-state index contributed by atoms with van der Waals surface area (Å²) in [7, 11) is 0. The molecule has 0 spiro atoms. The van der Waals surface area contributed by atoms with E-state index in [1.54, 1.807) is 0 Å². The first-order chi connectivity index (χ1) is 13.2. The van der Waals surface area contributed by atoms with Gasteiger partial charge in [-0.05, 0) is 47.1 Å². The molecule has 0 bridgehead atoms.